The van der Waals surface area contributed by atoms with E-state index in [0.717, 1.165) is 19.5 Å². The minimum Gasteiger partial charge on any atom is -0.465 e. The molecule has 0 spiro atoms. The summed E-state index contributed by atoms with van der Waals surface area (Å²) in [7, 11) is 3.33. The van der Waals surface area contributed by atoms with E-state index in [2.05, 4.69) is 15.0 Å². The largest absolute Gasteiger partial charge is 0.465 e. The molecule has 0 saturated carbocycles. The Hall–Kier alpha value is -1.36. The first kappa shape index (κ1) is 11.1. The van der Waals surface area contributed by atoms with Crippen molar-refractivity contribution in [1.82, 2.24) is 10.2 Å². The Morgan fingerprint density at radius 1 is 1.62 bits per heavy atom. The number of hydrogen-bond acceptors (Lipinski definition) is 4. The molecule has 2 atom stereocenters. The van der Waals surface area contributed by atoms with Crippen LogP contribution in [0.25, 0.3) is 0 Å². The summed E-state index contributed by atoms with van der Waals surface area (Å²) in [6, 6.07) is 0.164. The predicted octanol–water partition coefficient (Wildman–Crippen LogP) is -0.464. The van der Waals surface area contributed by atoms with E-state index in [1.165, 1.54) is 7.11 Å². The van der Waals surface area contributed by atoms with Gasteiger partial charge in [0.25, 0.3) is 5.91 Å². The first-order valence-electron chi connectivity index (χ1n) is 5.41. The van der Waals surface area contributed by atoms with Crippen molar-refractivity contribution in [2.75, 3.05) is 27.2 Å². The monoisotopic (exact) mass is 224 g/mol. The van der Waals surface area contributed by atoms with Gasteiger partial charge < -0.3 is 15.0 Å². The van der Waals surface area contributed by atoms with Gasteiger partial charge in [-0.05, 0) is 20.0 Å². The lowest BCUT2D eigenvalue weighted by molar-refractivity contribution is -0.138. The summed E-state index contributed by atoms with van der Waals surface area (Å²) < 4.78 is 4.59. The number of carbonyl (C=O) groups is 2. The summed E-state index contributed by atoms with van der Waals surface area (Å²) in [5, 5.41) is 2.87. The van der Waals surface area contributed by atoms with Crippen molar-refractivity contribution in [3.8, 4) is 0 Å². The molecule has 1 saturated heterocycles. The Labute approximate surface area is 94.4 Å². The third-order valence-electron chi connectivity index (χ3n) is 3.21. The van der Waals surface area contributed by atoms with E-state index in [1.807, 2.05) is 7.05 Å². The van der Waals surface area contributed by atoms with E-state index in [0.29, 0.717) is 0 Å². The highest BCUT2D eigenvalue weighted by atomic mass is 16.5. The van der Waals surface area contributed by atoms with Gasteiger partial charge in [-0.15, -0.1) is 0 Å². The molecule has 0 aliphatic carbocycles. The maximum Gasteiger partial charge on any atom is 0.343 e. The van der Waals surface area contributed by atoms with E-state index in [1.54, 1.807) is 6.08 Å². The lowest BCUT2D eigenvalue weighted by atomic mass is 9.87. The molecule has 1 fully saturated rings. The number of esters is 1. The topological polar surface area (TPSA) is 58.6 Å². The Kier molecular flexibility index (Phi) is 2.96. The Morgan fingerprint density at radius 2 is 2.38 bits per heavy atom. The molecule has 0 unspecified atom stereocenters. The van der Waals surface area contributed by atoms with E-state index < -0.39 is 5.97 Å². The highest BCUT2D eigenvalue weighted by Crippen LogP contribution is 2.23. The second-order valence-corrected chi connectivity index (χ2v) is 4.37. The van der Waals surface area contributed by atoms with Gasteiger partial charge in [-0.25, -0.2) is 4.79 Å². The number of nitrogens with zero attached hydrogens (tertiary/aromatic N) is 1. The maximum atomic E-state index is 11.6. The normalized spacial score (nSPS) is 30.1. The average Bonchev–Trinajstić information content (AvgIpc) is 2.28. The minimum absolute atomic E-state index is 0.138. The Bertz CT molecular complexity index is 351. The summed E-state index contributed by atoms with van der Waals surface area (Å²) in [6.45, 7) is 1.84. The number of rotatable bonds is 1. The first-order valence-corrected chi connectivity index (χ1v) is 5.41. The zero-order chi connectivity index (χ0) is 11.7. The van der Waals surface area contributed by atoms with Gasteiger partial charge in [0, 0.05) is 18.5 Å². The molecule has 0 bridgehead atoms. The second-order valence-electron chi connectivity index (χ2n) is 4.37. The van der Waals surface area contributed by atoms with Crippen molar-refractivity contribution < 1.29 is 14.3 Å². The molecular weight excluding hydrogens is 208 g/mol. The van der Waals surface area contributed by atoms with E-state index in [-0.39, 0.29) is 23.4 Å². The third-order valence-corrected chi connectivity index (χ3v) is 3.21. The van der Waals surface area contributed by atoms with Gasteiger partial charge >= 0.3 is 5.97 Å². The fourth-order valence-corrected chi connectivity index (χ4v) is 2.31. The van der Waals surface area contributed by atoms with Crippen LogP contribution in [0.15, 0.2) is 11.6 Å². The maximum absolute atomic E-state index is 11.6. The van der Waals surface area contributed by atoms with Crippen LogP contribution >= 0.6 is 0 Å². The molecule has 1 N–H and O–H groups in total. The van der Waals surface area contributed by atoms with Crippen LogP contribution in [-0.4, -0.2) is 50.1 Å². The van der Waals surface area contributed by atoms with Gasteiger partial charge in [0.2, 0.25) is 0 Å². The van der Waals surface area contributed by atoms with Crippen molar-refractivity contribution in [2.24, 2.45) is 5.92 Å². The second kappa shape index (κ2) is 4.25. The molecule has 0 radical (unpaired) electrons. The van der Waals surface area contributed by atoms with Gasteiger partial charge in [-0.3, -0.25) is 4.79 Å². The average molecular weight is 224 g/mol. The van der Waals surface area contributed by atoms with Crippen molar-refractivity contribution >= 4 is 11.9 Å². The number of hydrogen-bond donors (Lipinski definition) is 1. The van der Waals surface area contributed by atoms with Crippen LogP contribution in [0, 0.1) is 5.92 Å². The zero-order valence-electron chi connectivity index (χ0n) is 9.53. The number of methoxy groups -OCH3 is 1. The fraction of sp³-hybridized carbons (Fsp3) is 0.636. The highest BCUT2D eigenvalue weighted by molar-refractivity contribution is 6.16. The van der Waals surface area contributed by atoms with Crippen LogP contribution in [0.3, 0.4) is 0 Å². The number of nitrogens with one attached hydrogen (secondary N) is 1. The highest BCUT2D eigenvalue weighted by Gasteiger charge is 2.35. The molecule has 5 nitrogen and oxygen atoms in total. The van der Waals surface area contributed by atoms with Crippen molar-refractivity contribution in [3.05, 3.63) is 11.6 Å². The molecule has 2 aliphatic heterocycles. The molecule has 2 rings (SSSR count). The lowest BCUT2D eigenvalue weighted by Gasteiger charge is -2.38. The number of fused-ring (bicyclic) bond motifs is 1. The molecule has 88 valence electrons. The fourth-order valence-electron chi connectivity index (χ4n) is 2.31. The Morgan fingerprint density at radius 3 is 3.06 bits per heavy atom. The van der Waals surface area contributed by atoms with Crippen LogP contribution in [0.1, 0.15) is 6.42 Å². The van der Waals surface area contributed by atoms with E-state index >= 15 is 0 Å². The summed E-state index contributed by atoms with van der Waals surface area (Å²) in [5.74, 6) is -0.646. The zero-order valence-corrected chi connectivity index (χ0v) is 9.53. The SMILES string of the molecule is COC(=O)C1=C[C@@H]2CN(C)CC[C@H]2NC1=O. The van der Waals surface area contributed by atoms with Crippen molar-refractivity contribution in [3.63, 3.8) is 0 Å². The molecule has 16 heavy (non-hydrogen) atoms. The number of piperidine rings is 1. The quantitative estimate of drug-likeness (QED) is 0.483. The predicted molar refractivity (Wildman–Crippen MR) is 57.6 cm³/mol. The molecule has 2 heterocycles. The van der Waals surface area contributed by atoms with Crippen molar-refractivity contribution in [2.45, 2.75) is 12.5 Å². The molecule has 0 aromatic heterocycles. The summed E-state index contributed by atoms with van der Waals surface area (Å²) in [6.07, 6.45) is 2.68. The first-order chi connectivity index (χ1) is 7.61. The van der Waals surface area contributed by atoms with Gasteiger partial charge in [-0.1, -0.05) is 6.08 Å². The molecule has 2 aliphatic rings. The molecule has 1 amide bonds. The van der Waals surface area contributed by atoms with Crippen molar-refractivity contribution in [1.29, 1.82) is 0 Å². The lowest BCUT2D eigenvalue weighted by Crippen LogP contribution is -2.53. The van der Waals surface area contributed by atoms with Crippen LogP contribution in [-0.2, 0) is 14.3 Å². The number of carbonyl (C=O) groups excluding carboxylic acids is 2. The van der Waals surface area contributed by atoms with Crippen LogP contribution < -0.4 is 5.32 Å². The molecule has 5 heteroatoms. The minimum atomic E-state index is -0.552. The summed E-state index contributed by atoms with van der Waals surface area (Å²) in [4.78, 5) is 25.2. The molecule has 0 aromatic carbocycles. The van der Waals surface area contributed by atoms with E-state index in [4.69, 9.17) is 0 Å². The number of amides is 1. The van der Waals surface area contributed by atoms with Crippen LogP contribution in [0.2, 0.25) is 0 Å². The third kappa shape index (κ3) is 1.95. The van der Waals surface area contributed by atoms with E-state index in [9.17, 15) is 9.59 Å². The van der Waals surface area contributed by atoms with Crippen LogP contribution in [0.4, 0.5) is 0 Å². The molecular formula is C11H16N2O3. The summed E-state index contributed by atoms with van der Waals surface area (Å²) >= 11 is 0. The Balaban J connectivity index is 2.20. The smallest absolute Gasteiger partial charge is 0.343 e. The standard InChI is InChI=1S/C11H16N2O3/c1-13-4-3-9-7(6-13)5-8(10(14)12-9)11(15)16-2/h5,7,9H,3-4,6H2,1-2H3,(H,12,14)/t7-,9-/m1/s1. The number of likely N-dealkylation sites (tertiary alicyclic amines) is 1. The summed E-state index contributed by atoms with van der Waals surface area (Å²) in [5.41, 5.74) is 0.138. The molecule has 0 aromatic rings. The van der Waals surface area contributed by atoms with Gasteiger partial charge in [-0.2, -0.15) is 0 Å². The van der Waals surface area contributed by atoms with Gasteiger partial charge in [0.1, 0.15) is 5.57 Å². The van der Waals surface area contributed by atoms with Gasteiger partial charge in [0.05, 0.1) is 7.11 Å². The van der Waals surface area contributed by atoms with Gasteiger partial charge in [0.15, 0.2) is 0 Å². The number of ether oxygens (including phenoxy) is 1. The van der Waals surface area contributed by atoms with Crippen LogP contribution in [0.5, 0.6) is 0 Å².